The van der Waals surface area contributed by atoms with Crippen molar-refractivity contribution in [3.05, 3.63) is 120 Å². The number of benzene rings is 4. The number of hydrogen-bond donors (Lipinski definition) is 1. The zero-order chi connectivity index (χ0) is 20.2. The molecule has 0 amide bonds. The summed E-state index contributed by atoms with van der Waals surface area (Å²) in [6, 6.07) is 37.5. The van der Waals surface area contributed by atoms with Gasteiger partial charge in [-0.3, -0.25) is 4.72 Å². The molecule has 0 unspecified atom stereocenters. The summed E-state index contributed by atoms with van der Waals surface area (Å²) in [6.07, 6.45) is 0. The van der Waals surface area contributed by atoms with E-state index in [-0.39, 0.29) is 0 Å². The van der Waals surface area contributed by atoms with Gasteiger partial charge in [-0.15, -0.1) is 0 Å². The molecule has 3 nitrogen and oxygen atoms in total. The molecular weight excluding hydrogens is 386 g/mol. The average Bonchev–Trinajstić information content (AvgIpc) is 2.85. The van der Waals surface area contributed by atoms with Gasteiger partial charge in [0.05, 0.1) is 12.1 Å². The summed E-state index contributed by atoms with van der Waals surface area (Å²) >= 11 is 1.31. The molecule has 1 N–H and O–H groups in total. The fourth-order valence-electron chi connectivity index (χ4n) is 3.44. The van der Waals surface area contributed by atoms with Crippen molar-refractivity contribution in [1.82, 2.24) is 4.72 Å². The van der Waals surface area contributed by atoms with E-state index in [0.717, 1.165) is 33.9 Å². The Balaban J connectivity index is 1.47. The minimum atomic E-state index is 0.719. The number of rotatable bonds is 4. The molecular formula is C26H19N3S. The van der Waals surface area contributed by atoms with Gasteiger partial charge in [-0.1, -0.05) is 97.1 Å². The van der Waals surface area contributed by atoms with E-state index in [1.807, 2.05) is 12.1 Å². The van der Waals surface area contributed by atoms with Crippen molar-refractivity contribution in [2.75, 3.05) is 0 Å². The quantitative estimate of drug-likeness (QED) is 0.400. The van der Waals surface area contributed by atoms with E-state index < -0.39 is 0 Å². The maximum absolute atomic E-state index is 4.83. The number of aliphatic imine (C=N–C) groups is 1. The first kappa shape index (κ1) is 18.4. The van der Waals surface area contributed by atoms with Gasteiger partial charge < -0.3 is 0 Å². The molecule has 1 heterocycles. The van der Waals surface area contributed by atoms with Crippen molar-refractivity contribution in [1.29, 1.82) is 0 Å². The Morgan fingerprint density at radius 3 is 1.63 bits per heavy atom. The largest absolute Gasteiger partial charge is 0.294 e. The van der Waals surface area contributed by atoms with Gasteiger partial charge in [-0.2, -0.15) is 4.40 Å². The predicted molar refractivity (Wildman–Crippen MR) is 128 cm³/mol. The summed E-state index contributed by atoms with van der Waals surface area (Å²) in [6.45, 7) is 0. The van der Waals surface area contributed by atoms with Crippen LogP contribution >= 0.6 is 12.1 Å². The molecule has 0 saturated carbocycles. The van der Waals surface area contributed by atoms with Crippen LogP contribution in [-0.4, -0.2) is 11.7 Å². The summed E-state index contributed by atoms with van der Waals surface area (Å²) in [4.78, 5) is 4.83. The Hall–Kier alpha value is -3.63. The molecule has 4 aromatic carbocycles. The zero-order valence-corrected chi connectivity index (χ0v) is 17.0. The lowest BCUT2D eigenvalue weighted by Crippen LogP contribution is -2.22. The van der Waals surface area contributed by atoms with Gasteiger partial charge in [0.25, 0.3) is 0 Å². The van der Waals surface area contributed by atoms with Gasteiger partial charge in [-0.25, -0.2) is 4.99 Å². The monoisotopic (exact) mass is 405 g/mol. The summed E-state index contributed by atoms with van der Waals surface area (Å²) < 4.78 is 7.76. The fourth-order valence-corrected chi connectivity index (χ4v) is 3.97. The molecule has 0 spiro atoms. The third kappa shape index (κ3) is 3.91. The second-order valence-electron chi connectivity index (χ2n) is 6.96. The topological polar surface area (TPSA) is 36.8 Å². The molecule has 0 bridgehead atoms. The Morgan fingerprint density at radius 1 is 0.500 bits per heavy atom. The Morgan fingerprint density at radius 2 is 1.00 bits per heavy atom. The highest BCUT2D eigenvalue weighted by atomic mass is 32.2. The third-order valence-corrected chi connectivity index (χ3v) is 5.51. The predicted octanol–water partition coefficient (Wildman–Crippen LogP) is 6.38. The van der Waals surface area contributed by atoms with Crippen molar-refractivity contribution in [3.8, 4) is 22.3 Å². The molecule has 0 radical (unpaired) electrons. The molecule has 4 heteroatoms. The zero-order valence-electron chi connectivity index (χ0n) is 16.2. The smallest absolute Gasteiger partial charge is 0.171 e. The van der Waals surface area contributed by atoms with E-state index in [0.29, 0.717) is 0 Å². The normalized spacial score (nSPS) is 13.2. The van der Waals surface area contributed by atoms with Gasteiger partial charge in [0.2, 0.25) is 0 Å². The van der Waals surface area contributed by atoms with Crippen LogP contribution in [0.5, 0.6) is 0 Å². The molecule has 0 atom stereocenters. The number of nitrogens with zero attached hydrogens (tertiary/aromatic N) is 2. The Bertz CT molecular complexity index is 1230. The average molecular weight is 406 g/mol. The van der Waals surface area contributed by atoms with Crippen LogP contribution in [0.4, 0.5) is 0 Å². The summed E-state index contributed by atoms with van der Waals surface area (Å²) in [5, 5.41) is 0. The van der Waals surface area contributed by atoms with Gasteiger partial charge in [-0.05, 0) is 34.4 Å². The first-order valence-electron chi connectivity index (χ1n) is 9.77. The highest BCUT2D eigenvalue weighted by molar-refractivity contribution is 7.96. The molecule has 0 saturated heterocycles. The second-order valence-corrected chi connectivity index (χ2v) is 7.53. The van der Waals surface area contributed by atoms with Crippen LogP contribution in [0, 0.1) is 0 Å². The standard InChI is InChI=1S/C26H19N3S/c1-3-9-19(10-4-1)21-13-7-15-23(17-21)25-27-26(29-30-28-25)24-16-8-14-22(18-24)20-11-5-2-6-12-20/h1-18H,(H,27,28,29). The van der Waals surface area contributed by atoms with E-state index in [4.69, 9.17) is 4.99 Å². The molecule has 4 aromatic rings. The van der Waals surface area contributed by atoms with Crippen LogP contribution in [-0.2, 0) is 0 Å². The van der Waals surface area contributed by atoms with E-state index in [1.54, 1.807) is 0 Å². The molecule has 0 aliphatic carbocycles. The first-order valence-corrected chi connectivity index (χ1v) is 10.5. The molecule has 144 valence electrons. The van der Waals surface area contributed by atoms with Gasteiger partial charge >= 0.3 is 0 Å². The second kappa shape index (κ2) is 8.39. The van der Waals surface area contributed by atoms with Crippen LogP contribution < -0.4 is 4.72 Å². The van der Waals surface area contributed by atoms with E-state index in [2.05, 4.69) is 106 Å². The highest BCUT2D eigenvalue weighted by Gasteiger charge is 2.14. The van der Waals surface area contributed by atoms with E-state index in [1.165, 1.54) is 23.3 Å². The molecule has 5 rings (SSSR count). The molecule has 1 aliphatic heterocycles. The summed E-state index contributed by atoms with van der Waals surface area (Å²) in [7, 11) is 0. The van der Waals surface area contributed by atoms with Crippen molar-refractivity contribution in [2.45, 2.75) is 0 Å². The maximum atomic E-state index is 4.83. The van der Waals surface area contributed by atoms with Gasteiger partial charge in [0.1, 0.15) is 5.84 Å². The highest BCUT2D eigenvalue weighted by Crippen LogP contribution is 2.24. The number of hydrogen-bond acceptors (Lipinski definition) is 4. The Labute approximate surface area is 180 Å². The minimum Gasteiger partial charge on any atom is -0.294 e. The van der Waals surface area contributed by atoms with Crippen molar-refractivity contribution in [2.24, 2.45) is 9.39 Å². The fraction of sp³-hybridized carbons (Fsp3) is 0. The molecule has 0 fully saturated rings. The summed E-state index contributed by atoms with van der Waals surface area (Å²) in [5.41, 5.74) is 6.73. The number of amidine groups is 2. The first-order chi connectivity index (χ1) is 14.9. The van der Waals surface area contributed by atoms with Crippen molar-refractivity contribution in [3.63, 3.8) is 0 Å². The lowest BCUT2D eigenvalue weighted by atomic mass is 10.0. The van der Waals surface area contributed by atoms with Crippen LogP contribution in [0.1, 0.15) is 11.1 Å². The van der Waals surface area contributed by atoms with Crippen LogP contribution in [0.2, 0.25) is 0 Å². The van der Waals surface area contributed by atoms with E-state index in [9.17, 15) is 0 Å². The minimum absolute atomic E-state index is 0.719. The maximum Gasteiger partial charge on any atom is 0.171 e. The van der Waals surface area contributed by atoms with Gasteiger partial charge in [0.15, 0.2) is 5.84 Å². The summed E-state index contributed by atoms with van der Waals surface area (Å²) in [5.74, 6) is 1.53. The van der Waals surface area contributed by atoms with Gasteiger partial charge in [0, 0.05) is 11.1 Å². The lowest BCUT2D eigenvalue weighted by Gasteiger charge is -2.15. The number of nitrogens with one attached hydrogen (secondary N) is 1. The van der Waals surface area contributed by atoms with E-state index >= 15 is 0 Å². The molecule has 0 aromatic heterocycles. The van der Waals surface area contributed by atoms with Crippen molar-refractivity contribution < 1.29 is 0 Å². The van der Waals surface area contributed by atoms with Crippen LogP contribution in [0.3, 0.4) is 0 Å². The molecule has 30 heavy (non-hydrogen) atoms. The Kier molecular flexibility index (Phi) is 5.15. The SMILES string of the molecule is c1ccc(-c2cccc(C3=NSNC(c4cccc(-c5ccccc5)c4)=N3)c2)cc1. The van der Waals surface area contributed by atoms with Crippen LogP contribution in [0.15, 0.2) is 119 Å². The molecule has 1 aliphatic rings. The van der Waals surface area contributed by atoms with Crippen molar-refractivity contribution >= 4 is 23.8 Å². The third-order valence-electron chi connectivity index (χ3n) is 4.96. The lowest BCUT2D eigenvalue weighted by molar-refractivity contribution is 1.38. The van der Waals surface area contributed by atoms with Crippen LogP contribution in [0.25, 0.3) is 22.3 Å².